The van der Waals surface area contributed by atoms with Crippen molar-refractivity contribution in [1.82, 2.24) is 0 Å². The lowest BCUT2D eigenvalue weighted by molar-refractivity contribution is 0.431. The second-order valence-electron chi connectivity index (χ2n) is 5.49. The van der Waals surface area contributed by atoms with E-state index in [0.717, 1.165) is 26.8 Å². The molecule has 0 saturated heterocycles. The molecule has 0 saturated carbocycles. The Balaban J connectivity index is 2.30. The van der Waals surface area contributed by atoms with E-state index in [2.05, 4.69) is 0 Å². The first-order chi connectivity index (χ1) is 9.92. The van der Waals surface area contributed by atoms with Crippen molar-refractivity contribution in [2.75, 3.05) is 0 Å². The van der Waals surface area contributed by atoms with Gasteiger partial charge in [0.2, 0.25) is 0 Å². The molecular formula is C16H13NO3S. The molecule has 5 heteroatoms. The van der Waals surface area contributed by atoms with Gasteiger partial charge in [0, 0.05) is 6.42 Å². The maximum atomic E-state index is 11.8. The van der Waals surface area contributed by atoms with Crippen LogP contribution in [0.5, 0.6) is 0 Å². The first kappa shape index (κ1) is 12.8. The highest BCUT2D eigenvalue weighted by molar-refractivity contribution is 7.86. The Morgan fingerprint density at radius 2 is 1.67 bits per heavy atom. The molecule has 106 valence electrons. The van der Waals surface area contributed by atoms with Gasteiger partial charge < -0.3 is 5.73 Å². The van der Waals surface area contributed by atoms with E-state index in [4.69, 9.17) is 5.73 Å². The molecular weight excluding hydrogens is 286 g/mol. The molecule has 4 nitrogen and oxygen atoms in total. The molecule has 3 N–H and O–H groups in total. The summed E-state index contributed by atoms with van der Waals surface area (Å²) in [5.74, 6) is 0. The number of rotatable bonds is 1. The molecule has 1 aliphatic rings. The minimum absolute atomic E-state index is 0.0617. The number of hydrogen-bond donors (Lipinski definition) is 2. The first-order valence-corrected chi connectivity index (χ1v) is 8.06. The van der Waals surface area contributed by atoms with E-state index in [1.165, 1.54) is 0 Å². The van der Waals surface area contributed by atoms with Crippen LogP contribution in [0.15, 0.2) is 42.5 Å². The fourth-order valence-electron chi connectivity index (χ4n) is 3.25. The predicted molar refractivity (Wildman–Crippen MR) is 83.2 cm³/mol. The maximum Gasteiger partial charge on any atom is 0.288 e. The van der Waals surface area contributed by atoms with Gasteiger partial charge >= 0.3 is 0 Å². The summed E-state index contributed by atoms with van der Waals surface area (Å²) in [7, 11) is -4.41. The molecule has 0 spiro atoms. The lowest BCUT2D eigenvalue weighted by Crippen LogP contribution is -2.46. The van der Waals surface area contributed by atoms with Crippen LogP contribution in [0.25, 0.3) is 27.6 Å². The quantitative estimate of drug-likeness (QED) is 0.672. The summed E-state index contributed by atoms with van der Waals surface area (Å²) in [6.07, 6.45) is 1.84. The van der Waals surface area contributed by atoms with Crippen molar-refractivity contribution >= 4 is 37.7 Å². The lowest BCUT2D eigenvalue weighted by atomic mass is 9.87. The Hall–Kier alpha value is -1.95. The predicted octanol–water partition coefficient (Wildman–Crippen LogP) is 1.90. The van der Waals surface area contributed by atoms with Crippen molar-refractivity contribution in [2.24, 2.45) is 5.73 Å². The van der Waals surface area contributed by atoms with Gasteiger partial charge in [-0.15, -0.1) is 0 Å². The third-order valence-corrected chi connectivity index (χ3v) is 5.66. The van der Waals surface area contributed by atoms with Crippen LogP contribution in [0, 0.1) is 0 Å². The molecule has 1 aliphatic carbocycles. The molecule has 0 fully saturated rings. The van der Waals surface area contributed by atoms with Crippen LogP contribution >= 0.6 is 0 Å². The summed E-state index contributed by atoms with van der Waals surface area (Å²) in [4.78, 5) is -1.78. The number of nitrogens with two attached hydrogens (primary N) is 1. The monoisotopic (exact) mass is 299 g/mol. The molecule has 0 aromatic heterocycles. The van der Waals surface area contributed by atoms with Gasteiger partial charge in [0.25, 0.3) is 10.1 Å². The summed E-state index contributed by atoms with van der Waals surface area (Å²) >= 11 is 0. The van der Waals surface area contributed by atoms with Crippen LogP contribution in [0.3, 0.4) is 0 Å². The van der Waals surface area contributed by atoms with E-state index >= 15 is 0 Å². The third kappa shape index (κ3) is 1.53. The van der Waals surface area contributed by atoms with Gasteiger partial charge in [0.15, 0.2) is 4.87 Å². The van der Waals surface area contributed by atoms with Crippen molar-refractivity contribution in [2.45, 2.75) is 11.3 Å². The van der Waals surface area contributed by atoms with E-state index in [9.17, 15) is 13.0 Å². The Kier molecular flexibility index (Phi) is 2.32. The molecule has 1 atom stereocenters. The highest BCUT2D eigenvalue weighted by Gasteiger charge is 2.42. The maximum absolute atomic E-state index is 11.8. The molecule has 3 aromatic carbocycles. The summed E-state index contributed by atoms with van der Waals surface area (Å²) in [6, 6.07) is 13.5. The van der Waals surface area contributed by atoms with Gasteiger partial charge in [0.05, 0.1) is 0 Å². The first-order valence-electron chi connectivity index (χ1n) is 6.62. The second kappa shape index (κ2) is 3.82. The molecule has 3 aromatic rings. The molecule has 4 rings (SSSR count). The van der Waals surface area contributed by atoms with Crippen LogP contribution in [0.2, 0.25) is 0 Å². The van der Waals surface area contributed by atoms with E-state index in [1.807, 2.05) is 36.4 Å². The normalized spacial score (nSPS) is 21.6. The molecule has 1 unspecified atom stereocenters. The van der Waals surface area contributed by atoms with Crippen molar-refractivity contribution in [3.05, 3.63) is 53.2 Å². The van der Waals surface area contributed by atoms with Crippen LogP contribution in [0.1, 0.15) is 12.0 Å². The molecule has 0 aliphatic heterocycles. The van der Waals surface area contributed by atoms with E-state index in [1.54, 1.807) is 12.1 Å². The average Bonchev–Trinajstić information content (AvgIpc) is 2.45. The zero-order valence-electron chi connectivity index (χ0n) is 11.1. The van der Waals surface area contributed by atoms with Crippen molar-refractivity contribution in [3.8, 4) is 0 Å². The molecule has 0 radical (unpaired) electrons. The standard InChI is InChI=1S/C16H13NO3S/c17-16(21(18,19)20)9-8-12-5-4-10-2-1-3-11-6-7-13(16)15(12)14(10)11/h1-8H,9,17H2,(H,18,19,20). The molecule has 0 bridgehead atoms. The van der Waals surface area contributed by atoms with Crippen molar-refractivity contribution in [1.29, 1.82) is 0 Å². The number of benzene rings is 3. The summed E-state index contributed by atoms with van der Waals surface area (Å²) < 4.78 is 33.2. The molecule has 0 heterocycles. The fraction of sp³-hybridized carbons (Fsp3) is 0.125. The molecule has 21 heavy (non-hydrogen) atoms. The van der Waals surface area contributed by atoms with Crippen LogP contribution in [0.4, 0.5) is 0 Å². The van der Waals surface area contributed by atoms with E-state index in [-0.39, 0.29) is 6.42 Å². The smallest absolute Gasteiger partial charge is 0.288 e. The Morgan fingerprint density at radius 3 is 2.33 bits per heavy atom. The summed E-state index contributed by atoms with van der Waals surface area (Å²) in [6.45, 7) is 0. The summed E-state index contributed by atoms with van der Waals surface area (Å²) in [5.41, 5.74) is 6.53. The van der Waals surface area contributed by atoms with Gasteiger partial charge in [0.1, 0.15) is 0 Å². The van der Waals surface area contributed by atoms with Gasteiger partial charge in [-0.25, -0.2) is 0 Å². The number of hydrogen-bond acceptors (Lipinski definition) is 3. The third-order valence-electron chi connectivity index (χ3n) is 4.35. The minimum Gasteiger partial charge on any atom is -0.307 e. The Morgan fingerprint density at radius 1 is 1.00 bits per heavy atom. The zero-order valence-corrected chi connectivity index (χ0v) is 11.9. The van der Waals surface area contributed by atoms with Gasteiger partial charge in [-0.2, -0.15) is 8.42 Å². The molecule has 0 amide bonds. The van der Waals surface area contributed by atoms with Gasteiger partial charge in [-0.1, -0.05) is 48.5 Å². The summed E-state index contributed by atoms with van der Waals surface area (Å²) in [5, 5.41) is 4.82. The Labute approximate surface area is 121 Å². The second-order valence-corrected chi connectivity index (χ2v) is 7.17. The van der Waals surface area contributed by atoms with E-state index in [0.29, 0.717) is 5.56 Å². The van der Waals surface area contributed by atoms with Crippen molar-refractivity contribution in [3.63, 3.8) is 0 Å². The van der Waals surface area contributed by atoms with E-state index < -0.39 is 15.0 Å². The average molecular weight is 299 g/mol. The van der Waals surface area contributed by atoms with Gasteiger partial charge in [-0.3, -0.25) is 4.55 Å². The minimum atomic E-state index is -4.41. The highest BCUT2D eigenvalue weighted by Crippen LogP contribution is 2.38. The van der Waals surface area contributed by atoms with Crippen LogP contribution in [-0.4, -0.2) is 13.0 Å². The van der Waals surface area contributed by atoms with Gasteiger partial charge in [-0.05, 0) is 32.3 Å². The van der Waals surface area contributed by atoms with Crippen LogP contribution < -0.4 is 11.0 Å². The topological polar surface area (TPSA) is 80.4 Å². The largest absolute Gasteiger partial charge is 0.307 e. The lowest BCUT2D eigenvalue weighted by Gasteiger charge is -2.30. The van der Waals surface area contributed by atoms with Crippen molar-refractivity contribution < 1.29 is 13.0 Å². The highest BCUT2D eigenvalue weighted by atomic mass is 32.2. The Bertz CT molecular complexity index is 1040. The SMILES string of the molecule is NC1(S(=O)(=O)O)CC=c2ccc3cccc4ccc1c2c43. The van der Waals surface area contributed by atoms with Crippen LogP contribution in [-0.2, 0) is 15.0 Å². The zero-order chi connectivity index (χ0) is 14.8. The fourth-order valence-corrected chi connectivity index (χ4v) is 3.99.